The molecule has 0 unspecified atom stereocenters. The van der Waals surface area contributed by atoms with E-state index in [9.17, 15) is 9.59 Å². The number of anilines is 1. The number of carbonyl (C=O) groups excluding carboxylic acids is 2. The van der Waals surface area contributed by atoms with Gasteiger partial charge < -0.3 is 14.6 Å². The quantitative estimate of drug-likeness (QED) is 0.235. The van der Waals surface area contributed by atoms with Gasteiger partial charge in [-0.1, -0.05) is 56.3 Å². The first-order valence-corrected chi connectivity index (χ1v) is 10.3. The molecule has 0 saturated heterocycles. The van der Waals surface area contributed by atoms with Gasteiger partial charge in [0.1, 0.15) is 18.5 Å². The first kappa shape index (κ1) is 24.9. The van der Waals surface area contributed by atoms with Crippen molar-refractivity contribution in [3.05, 3.63) is 72.3 Å². The van der Waals surface area contributed by atoms with Gasteiger partial charge in [0.15, 0.2) is 0 Å². The molecule has 0 bridgehead atoms. The third kappa shape index (κ3) is 7.72. The van der Waals surface area contributed by atoms with Crippen LogP contribution in [-0.2, 0) is 9.53 Å². The predicted octanol–water partition coefficient (Wildman–Crippen LogP) is 4.22. The van der Waals surface area contributed by atoms with Crippen molar-refractivity contribution in [2.75, 3.05) is 18.5 Å². The Labute approximate surface area is 187 Å². The zero-order chi connectivity index (χ0) is 23.4. The van der Waals surface area contributed by atoms with Crippen LogP contribution < -0.4 is 15.5 Å². The van der Waals surface area contributed by atoms with Gasteiger partial charge in [-0.05, 0) is 31.0 Å². The van der Waals surface area contributed by atoms with Gasteiger partial charge in [0, 0.05) is 22.7 Å². The van der Waals surface area contributed by atoms with Gasteiger partial charge in [-0.15, -0.1) is 0 Å². The zero-order valence-electron chi connectivity index (χ0n) is 18.3. The van der Waals surface area contributed by atoms with Crippen molar-refractivity contribution in [3.8, 4) is 5.75 Å². The van der Waals surface area contributed by atoms with Gasteiger partial charge in [0.05, 0.1) is 6.61 Å². The fourth-order valence-corrected chi connectivity index (χ4v) is 3.22. The molecule has 2 aromatic carbocycles. The van der Waals surface area contributed by atoms with Crippen LogP contribution in [0.5, 0.6) is 5.75 Å². The molecule has 4 N–H and O–H groups in total. The number of nitrogens with one attached hydrogen (secondary N) is 2. The van der Waals surface area contributed by atoms with Crippen LogP contribution in [0.4, 0.5) is 10.5 Å². The highest BCUT2D eigenvalue weighted by Crippen LogP contribution is 2.44. The summed E-state index contributed by atoms with van der Waals surface area (Å²) in [5.41, 5.74) is 2.28. The zero-order valence-corrected chi connectivity index (χ0v) is 18.3. The molecule has 0 aromatic heterocycles. The number of allylic oxidation sites excluding steroid dienone is 1. The van der Waals surface area contributed by atoms with Crippen LogP contribution in [0.2, 0.25) is 0 Å². The maximum Gasteiger partial charge on any atom is 0.412 e. The Bertz CT molecular complexity index is 898. The molecule has 1 atom stereocenters. The fourth-order valence-electron chi connectivity index (χ4n) is 3.22. The van der Waals surface area contributed by atoms with E-state index < -0.39 is 23.5 Å². The van der Waals surface area contributed by atoms with Crippen molar-refractivity contribution in [1.29, 1.82) is 0 Å². The van der Waals surface area contributed by atoms with Gasteiger partial charge in [-0.25, -0.2) is 10.3 Å². The molecule has 0 aliphatic heterocycles. The second-order valence-electron chi connectivity index (χ2n) is 7.79. The summed E-state index contributed by atoms with van der Waals surface area (Å²) in [6.07, 6.45) is 2.68. The summed E-state index contributed by atoms with van der Waals surface area (Å²) in [5, 5.41) is 20.5. The van der Waals surface area contributed by atoms with Gasteiger partial charge in [-0.2, -0.15) is 0 Å². The average Bonchev–Trinajstić information content (AvgIpc) is 2.79. The van der Waals surface area contributed by atoms with E-state index in [-0.39, 0.29) is 13.2 Å². The lowest BCUT2D eigenvalue weighted by atomic mass is 9.78. The molecule has 172 valence electrons. The summed E-state index contributed by atoms with van der Waals surface area (Å²) < 4.78 is 11.6. The minimum Gasteiger partial charge on any atom is -0.491 e. The molecule has 0 aliphatic carbocycles. The second-order valence-corrected chi connectivity index (χ2v) is 7.79. The van der Waals surface area contributed by atoms with Crippen LogP contribution in [0.1, 0.15) is 38.4 Å². The largest absolute Gasteiger partial charge is 0.491 e. The molecule has 8 nitrogen and oxygen atoms in total. The van der Waals surface area contributed by atoms with Crippen LogP contribution in [-0.4, -0.2) is 35.5 Å². The molecule has 0 heterocycles. The molecule has 2 aromatic rings. The minimum atomic E-state index is -0.679. The van der Waals surface area contributed by atoms with Crippen LogP contribution >= 0.6 is 0 Å². The highest BCUT2D eigenvalue weighted by Gasteiger charge is 2.35. The molecule has 0 radical (unpaired) electrons. The van der Waals surface area contributed by atoms with E-state index in [1.165, 1.54) is 6.08 Å². The van der Waals surface area contributed by atoms with Crippen molar-refractivity contribution < 1.29 is 29.4 Å². The number of hydroxylamine groups is 1. The molecule has 0 spiro atoms. The number of carbonyl (C=O) groups is 2. The first-order chi connectivity index (χ1) is 15.4. The highest BCUT2D eigenvalue weighted by atomic mass is 16.6. The highest BCUT2D eigenvalue weighted by molar-refractivity contribution is 5.86. The Morgan fingerprint density at radius 1 is 1.09 bits per heavy atom. The summed E-state index contributed by atoms with van der Waals surface area (Å²) in [7, 11) is 0. The summed E-state index contributed by atoms with van der Waals surface area (Å²) in [5.74, 6) is -0.0945. The number of hydrogen-bond donors (Lipinski definition) is 4. The van der Waals surface area contributed by atoms with Crippen LogP contribution in [0.3, 0.4) is 0 Å². The molecular weight excluding hydrogens is 412 g/mol. The number of aliphatic hydroxyl groups excluding tert-OH is 1. The Balaban J connectivity index is 2.26. The van der Waals surface area contributed by atoms with E-state index in [4.69, 9.17) is 19.8 Å². The number of para-hydroxylation sites is 2. The molecule has 0 fully saturated rings. The molecule has 32 heavy (non-hydrogen) atoms. The van der Waals surface area contributed by atoms with Crippen LogP contribution in [0.15, 0.2) is 66.7 Å². The van der Waals surface area contributed by atoms with Crippen molar-refractivity contribution >= 4 is 17.7 Å². The van der Waals surface area contributed by atoms with E-state index in [2.05, 4.69) is 5.32 Å². The van der Waals surface area contributed by atoms with E-state index >= 15 is 0 Å². The maximum absolute atomic E-state index is 12.7. The number of ether oxygens (including phenoxy) is 2. The summed E-state index contributed by atoms with van der Waals surface area (Å²) >= 11 is 0. The van der Waals surface area contributed by atoms with Crippen molar-refractivity contribution in [1.82, 2.24) is 5.48 Å². The molecule has 0 aliphatic rings. The van der Waals surface area contributed by atoms with Crippen LogP contribution in [0, 0.1) is 5.41 Å². The van der Waals surface area contributed by atoms with Crippen molar-refractivity contribution in [2.45, 2.75) is 32.8 Å². The molecule has 2 amide bonds. The molecule has 2 rings (SSSR count). The van der Waals surface area contributed by atoms with Gasteiger partial charge in [-0.3, -0.25) is 15.3 Å². The number of aliphatic hydroxyl groups is 1. The number of benzene rings is 2. The fraction of sp³-hybridized carbons (Fsp3) is 0.333. The third-order valence-electron chi connectivity index (χ3n) is 4.84. The average molecular weight is 443 g/mol. The monoisotopic (exact) mass is 442 g/mol. The molecule has 0 saturated carbocycles. The lowest BCUT2D eigenvalue weighted by Crippen LogP contribution is -2.29. The third-order valence-corrected chi connectivity index (χ3v) is 4.84. The van der Waals surface area contributed by atoms with Gasteiger partial charge >= 0.3 is 6.09 Å². The number of rotatable bonds is 11. The van der Waals surface area contributed by atoms with E-state index in [0.717, 1.165) is 0 Å². The number of hydrogen-bond acceptors (Lipinski definition) is 6. The Kier molecular flexibility index (Phi) is 9.72. The lowest BCUT2D eigenvalue weighted by molar-refractivity contribution is -0.124. The van der Waals surface area contributed by atoms with E-state index in [1.807, 2.05) is 44.2 Å². The smallest absolute Gasteiger partial charge is 0.412 e. The van der Waals surface area contributed by atoms with Crippen molar-refractivity contribution in [2.24, 2.45) is 5.41 Å². The summed E-state index contributed by atoms with van der Waals surface area (Å²) in [4.78, 5) is 23.9. The minimum absolute atomic E-state index is 0.110. The van der Waals surface area contributed by atoms with Gasteiger partial charge in [0.25, 0.3) is 5.91 Å². The van der Waals surface area contributed by atoms with E-state index in [1.54, 1.807) is 35.8 Å². The Hall–Kier alpha value is -3.36. The normalized spacial score (nSPS) is 12.2. The molecular formula is C24H30N2O6. The lowest BCUT2D eigenvalue weighted by Gasteiger charge is -2.35. The maximum atomic E-state index is 12.7. The van der Waals surface area contributed by atoms with Gasteiger partial charge in [0.2, 0.25) is 0 Å². The first-order valence-electron chi connectivity index (χ1n) is 10.3. The van der Waals surface area contributed by atoms with Crippen LogP contribution in [0.25, 0.3) is 0 Å². The summed E-state index contributed by atoms with van der Waals surface area (Å²) in [6.45, 7) is 3.88. The standard InChI is InChI=1S/C24H30N2O6/c1-24(2,15-9-8-14-21(28)26-30)22(19-12-6-7-13-20(19)31-17-16-27)32-23(29)25-18-10-4-3-5-11-18/h3-8,10-14,22,27,30H,9,15-17H2,1-2H3,(H,25,29)(H,26,28)/b14-8+/t22-/m0/s1. The summed E-state index contributed by atoms with van der Waals surface area (Å²) in [6, 6.07) is 16.2. The Morgan fingerprint density at radius 3 is 2.47 bits per heavy atom. The number of amides is 2. The topological polar surface area (TPSA) is 117 Å². The molecule has 8 heteroatoms. The van der Waals surface area contributed by atoms with Crippen molar-refractivity contribution in [3.63, 3.8) is 0 Å². The second kappa shape index (κ2) is 12.5. The Morgan fingerprint density at radius 2 is 1.78 bits per heavy atom. The van der Waals surface area contributed by atoms with E-state index in [0.29, 0.717) is 29.8 Å². The predicted molar refractivity (Wildman–Crippen MR) is 120 cm³/mol. The SMILES string of the molecule is CC(C)(CC/C=C/C(=O)NO)[C@@H](OC(=O)Nc1ccccc1)c1ccccc1OCCO.